The number of aromatic nitrogens is 2. The Labute approximate surface area is 141 Å². The van der Waals surface area contributed by atoms with E-state index in [1.807, 2.05) is 35.6 Å². The van der Waals surface area contributed by atoms with Gasteiger partial charge in [0.2, 0.25) is 5.91 Å². The first-order valence-electron chi connectivity index (χ1n) is 8.23. The average molecular weight is 320 g/mol. The summed E-state index contributed by atoms with van der Waals surface area (Å²) in [5.41, 5.74) is 5.64. The van der Waals surface area contributed by atoms with Crippen LogP contribution in [0.2, 0.25) is 0 Å². The number of carbonyl (C=O) groups excluding carboxylic acids is 1. The zero-order valence-electron chi connectivity index (χ0n) is 14.2. The number of benzene rings is 1. The quantitative estimate of drug-likeness (QED) is 0.749. The monoisotopic (exact) mass is 320 g/mol. The molecule has 1 aromatic carbocycles. The molecule has 3 heterocycles. The Morgan fingerprint density at radius 3 is 2.75 bits per heavy atom. The SMILES string of the molecule is Cc1cn(C2=NCC(=O)N3CCc4c(C)cccc4C3=C2)c(C)n1. The number of aryl methyl sites for hydroxylation is 3. The number of allylic oxidation sites excluding steroid dienone is 1. The number of nitrogens with zero attached hydrogens (tertiary/aromatic N) is 4. The van der Waals surface area contributed by atoms with E-state index in [1.54, 1.807) is 0 Å². The molecule has 2 aromatic rings. The third-order valence-electron chi connectivity index (χ3n) is 4.76. The van der Waals surface area contributed by atoms with E-state index in [4.69, 9.17) is 0 Å². The maximum absolute atomic E-state index is 12.6. The maximum atomic E-state index is 12.6. The van der Waals surface area contributed by atoms with Crippen molar-refractivity contribution in [1.82, 2.24) is 14.5 Å². The topological polar surface area (TPSA) is 50.5 Å². The van der Waals surface area contributed by atoms with Crippen molar-refractivity contribution >= 4 is 17.4 Å². The van der Waals surface area contributed by atoms with E-state index in [2.05, 4.69) is 35.1 Å². The summed E-state index contributed by atoms with van der Waals surface area (Å²) in [5, 5.41) is 0. The predicted octanol–water partition coefficient (Wildman–Crippen LogP) is 2.49. The van der Waals surface area contributed by atoms with Crippen LogP contribution in [-0.2, 0) is 11.2 Å². The number of hydrogen-bond acceptors (Lipinski definition) is 3. The summed E-state index contributed by atoms with van der Waals surface area (Å²) in [7, 11) is 0. The molecule has 2 aliphatic rings. The molecular weight excluding hydrogens is 300 g/mol. The van der Waals surface area contributed by atoms with Crippen LogP contribution in [0.5, 0.6) is 0 Å². The molecule has 5 heteroatoms. The van der Waals surface area contributed by atoms with E-state index < -0.39 is 0 Å². The average Bonchev–Trinajstić information content (AvgIpc) is 2.79. The van der Waals surface area contributed by atoms with Gasteiger partial charge in [0, 0.05) is 24.4 Å². The number of carbonyl (C=O) groups is 1. The van der Waals surface area contributed by atoms with Gasteiger partial charge in [-0.3, -0.25) is 14.4 Å². The fraction of sp³-hybridized carbons (Fsp3) is 0.316. The summed E-state index contributed by atoms with van der Waals surface area (Å²) in [4.78, 5) is 23.4. The smallest absolute Gasteiger partial charge is 0.248 e. The molecule has 2 aliphatic heterocycles. The van der Waals surface area contributed by atoms with E-state index in [-0.39, 0.29) is 12.5 Å². The lowest BCUT2D eigenvalue weighted by atomic mass is 9.92. The Morgan fingerprint density at radius 2 is 2.00 bits per heavy atom. The van der Waals surface area contributed by atoms with Crippen LogP contribution in [0.25, 0.3) is 5.70 Å². The van der Waals surface area contributed by atoms with Gasteiger partial charge in [-0.2, -0.15) is 0 Å². The van der Waals surface area contributed by atoms with Gasteiger partial charge < -0.3 is 4.90 Å². The van der Waals surface area contributed by atoms with Crippen LogP contribution in [0.15, 0.2) is 35.5 Å². The molecule has 0 bridgehead atoms. The van der Waals surface area contributed by atoms with Crippen LogP contribution in [-0.4, -0.2) is 39.3 Å². The van der Waals surface area contributed by atoms with E-state index in [0.717, 1.165) is 35.0 Å². The van der Waals surface area contributed by atoms with Gasteiger partial charge in [0.1, 0.15) is 18.2 Å². The van der Waals surface area contributed by atoms with Crippen molar-refractivity contribution in [3.8, 4) is 0 Å². The van der Waals surface area contributed by atoms with Gasteiger partial charge in [0.05, 0.1) is 11.4 Å². The third kappa shape index (κ3) is 2.28. The second-order valence-electron chi connectivity index (χ2n) is 6.40. The second kappa shape index (κ2) is 5.44. The molecule has 0 N–H and O–H groups in total. The lowest BCUT2D eigenvalue weighted by Crippen LogP contribution is -2.36. The van der Waals surface area contributed by atoms with Gasteiger partial charge in [0.25, 0.3) is 0 Å². The molecule has 1 aromatic heterocycles. The van der Waals surface area contributed by atoms with Crippen LogP contribution in [0.4, 0.5) is 0 Å². The van der Waals surface area contributed by atoms with E-state index in [9.17, 15) is 4.79 Å². The van der Waals surface area contributed by atoms with Crippen molar-refractivity contribution in [2.75, 3.05) is 13.1 Å². The minimum Gasteiger partial charge on any atom is -0.310 e. The fourth-order valence-electron chi connectivity index (χ4n) is 3.58. The first-order chi connectivity index (χ1) is 11.5. The summed E-state index contributed by atoms with van der Waals surface area (Å²) in [5.74, 6) is 1.70. The largest absolute Gasteiger partial charge is 0.310 e. The van der Waals surface area contributed by atoms with E-state index in [0.29, 0.717) is 6.54 Å². The highest BCUT2D eigenvalue weighted by atomic mass is 16.2. The Kier molecular flexibility index (Phi) is 3.37. The Bertz CT molecular complexity index is 904. The van der Waals surface area contributed by atoms with Gasteiger partial charge in [-0.25, -0.2) is 4.98 Å². The van der Waals surface area contributed by atoms with Crippen LogP contribution >= 0.6 is 0 Å². The molecule has 5 nitrogen and oxygen atoms in total. The molecule has 4 rings (SSSR count). The van der Waals surface area contributed by atoms with Crippen molar-refractivity contribution in [2.45, 2.75) is 27.2 Å². The van der Waals surface area contributed by atoms with Crippen LogP contribution in [0, 0.1) is 20.8 Å². The number of amides is 1. The second-order valence-corrected chi connectivity index (χ2v) is 6.40. The molecule has 1 amide bonds. The molecule has 24 heavy (non-hydrogen) atoms. The molecule has 0 aliphatic carbocycles. The van der Waals surface area contributed by atoms with E-state index >= 15 is 0 Å². The van der Waals surface area contributed by atoms with Gasteiger partial charge >= 0.3 is 0 Å². The van der Waals surface area contributed by atoms with Crippen molar-refractivity contribution in [2.24, 2.45) is 4.99 Å². The number of aliphatic imine (C=N–C) groups is 1. The van der Waals surface area contributed by atoms with Crippen molar-refractivity contribution in [3.63, 3.8) is 0 Å². The number of imidazole rings is 1. The highest BCUT2D eigenvalue weighted by Crippen LogP contribution is 2.32. The zero-order chi connectivity index (χ0) is 16.8. The Morgan fingerprint density at radius 1 is 1.17 bits per heavy atom. The van der Waals surface area contributed by atoms with Crippen LogP contribution < -0.4 is 0 Å². The van der Waals surface area contributed by atoms with Crippen LogP contribution in [0.1, 0.15) is 28.2 Å². The van der Waals surface area contributed by atoms with Crippen molar-refractivity contribution in [3.05, 3.63) is 58.7 Å². The minimum atomic E-state index is 0.0536. The summed E-state index contributed by atoms with van der Waals surface area (Å²) in [6, 6.07) is 6.28. The standard InChI is InChI=1S/C19H20N4O/c1-12-5-4-6-16-15(12)7-8-22-17(16)9-18(20-10-19(22)24)23-11-13(2)21-14(23)3/h4-6,9,11H,7-8,10H2,1-3H3. The Hall–Kier alpha value is -2.69. The van der Waals surface area contributed by atoms with Crippen molar-refractivity contribution < 1.29 is 4.79 Å². The lowest BCUT2D eigenvalue weighted by molar-refractivity contribution is -0.126. The molecule has 0 saturated carbocycles. The molecular formula is C19H20N4O. The first-order valence-corrected chi connectivity index (χ1v) is 8.23. The summed E-state index contributed by atoms with van der Waals surface area (Å²) in [6.07, 6.45) is 4.88. The van der Waals surface area contributed by atoms with Gasteiger partial charge in [-0.15, -0.1) is 0 Å². The van der Waals surface area contributed by atoms with Gasteiger partial charge in [-0.05, 0) is 38.3 Å². The van der Waals surface area contributed by atoms with Gasteiger partial charge in [-0.1, -0.05) is 18.2 Å². The van der Waals surface area contributed by atoms with Crippen LogP contribution in [0.3, 0.4) is 0 Å². The summed E-state index contributed by atoms with van der Waals surface area (Å²) in [6.45, 7) is 6.94. The molecule has 0 saturated heterocycles. The first kappa shape index (κ1) is 14.9. The zero-order valence-corrected chi connectivity index (χ0v) is 14.2. The number of rotatable bonds is 0. The third-order valence-corrected chi connectivity index (χ3v) is 4.76. The maximum Gasteiger partial charge on any atom is 0.248 e. The lowest BCUT2D eigenvalue weighted by Gasteiger charge is -2.31. The highest BCUT2D eigenvalue weighted by molar-refractivity contribution is 6.06. The number of fused-ring (bicyclic) bond motifs is 3. The normalized spacial score (nSPS) is 17.0. The Balaban J connectivity index is 1.90. The highest BCUT2D eigenvalue weighted by Gasteiger charge is 2.28. The summed E-state index contributed by atoms with van der Waals surface area (Å²) < 4.78 is 1.96. The van der Waals surface area contributed by atoms with E-state index in [1.165, 1.54) is 11.1 Å². The predicted molar refractivity (Wildman–Crippen MR) is 94.0 cm³/mol. The molecule has 0 fully saturated rings. The molecule has 0 unspecified atom stereocenters. The minimum absolute atomic E-state index is 0.0536. The fourth-order valence-corrected chi connectivity index (χ4v) is 3.58. The van der Waals surface area contributed by atoms with Crippen molar-refractivity contribution in [1.29, 1.82) is 0 Å². The molecule has 0 atom stereocenters. The molecule has 122 valence electrons. The summed E-state index contributed by atoms with van der Waals surface area (Å²) >= 11 is 0. The molecule has 0 radical (unpaired) electrons. The number of hydrogen-bond donors (Lipinski definition) is 0. The molecule has 0 spiro atoms. The van der Waals surface area contributed by atoms with Gasteiger partial charge in [0.15, 0.2) is 0 Å².